The second-order valence-electron chi connectivity index (χ2n) is 5.87. The van der Waals surface area contributed by atoms with Crippen molar-refractivity contribution in [2.24, 2.45) is 0 Å². The van der Waals surface area contributed by atoms with Crippen LogP contribution >= 0.6 is 0 Å². The average molecular weight is 323 g/mol. The van der Waals surface area contributed by atoms with Gasteiger partial charge in [-0.25, -0.2) is 0 Å². The highest BCUT2D eigenvalue weighted by Crippen LogP contribution is 2.31. The van der Waals surface area contributed by atoms with Gasteiger partial charge < -0.3 is 9.47 Å². The molecule has 2 aromatic carbocycles. The number of fused-ring (bicyclic) bond motifs is 1. The summed E-state index contributed by atoms with van der Waals surface area (Å²) in [5.74, 6) is 1.64. The van der Waals surface area contributed by atoms with Crippen LogP contribution in [-0.4, -0.2) is 31.3 Å². The summed E-state index contributed by atoms with van der Waals surface area (Å²) in [6.07, 6.45) is 1.80. The van der Waals surface area contributed by atoms with Gasteiger partial charge in [-0.1, -0.05) is 47.3 Å². The van der Waals surface area contributed by atoms with Crippen LogP contribution in [0.2, 0.25) is 0 Å². The number of ether oxygens (including phenoxy) is 2. The highest BCUT2D eigenvalue weighted by molar-refractivity contribution is 5.40. The van der Waals surface area contributed by atoms with Gasteiger partial charge >= 0.3 is 0 Å². The summed E-state index contributed by atoms with van der Waals surface area (Å²) in [6, 6.07) is 21.2. The number of nitrogens with zero attached hydrogens (tertiary/aromatic N) is 2. The fourth-order valence-corrected chi connectivity index (χ4v) is 2.59. The van der Waals surface area contributed by atoms with Crippen molar-refractivity contribution in [2.75, 3.05) is 20.2 Å². The first-order valence-electron chi connectivity index (χ1n) is 8.35. The van der Waals surface area contributed by atoms with Crippen LogP contribution in [0.15, 0.2) is 54.6 Å². The van der Waals surface area contributed by atoms with Crippen molar-refractivity contribution in [3.8, 4) is 17.6 Å². The van der Waals surface area contributed by atoms with Gasteiger partial charge in [0.2, 0.25) is 0 Å². The molecule has 0 aromatic heterocycles. The van der Waals surface area contributed by atoms with Crippen molar-refractivity contribution in [2.45, 2.75) is 25.6 Å². The first kappa shape index (κ1) is 16.4. The van der Waals surface area contributed by atoms with Gasteiger partial charge in [0, 0.05) is 12.1 Å². The summed E-state index contributed by atoms with van der Waals surface area (Å²) in [5, 5.41) is 0. The molecule has 0 amide bonds. The Hall–Kier alpha value is -2.51. The van der Waals surface area contributed by atoms with E-state index in [1.165, 1.54) is 5.56 Å². The molecule has 4 heteroatoms. The van der Waals surface area contributed by atoms with E-state index in [0.717, 1.165) is 30.9 Å². The van der Waals surface area contributed by atoms with Crippen molar-refractivity contribution in [3.05, 3.63) is 65.0 Å². The van der Waals surface area contributed by atoms with E-state index in [2.05, 4.69) is 35.0 Å². The Labute approximate surface area is 143 Å². The third-order valence-electron chi connectivity index (χ3n) is 4.00. The number of rotatable bonds is 5. The van der Waals surface area contributed by atoms with Crippen LogP contribution in [0.3, 0.4) is 0 Å². The molecule has 0 saturated carbocycles. The summed E-state index contributed by atoms with van der Waals surface area (Å²) in [5.41, 5.74) is 1.22. The molecule has 0 spiro atoms. The van der Waals surface area contributed by atoms with Gasteiger partial charge in [0.1, 0.15) is 6.61 Å². The monoisotopic (exact) mass is 323 g/mol. The lowest BCUT2D eigenvalue weighted by Crippen LogP contribution is -2.43. The Kier molecular flexibility index (Phi) is 5.70. The quantitative estimate of drug-likeness (QED) is 0.777. The van der Waals surface area contributed by atoms with Crippen molar-refractivity contribution in [1.82, 2.24) is 4.90 Å². The van der Waals surface area contributed by atoms with E-state index in [1.807, 2.05) is 42.5 Å². The second-order valence-corrected chi connectivity index (χ2v) is 5.87. The fraction of sp³-hybridized carbons (Fsp3) is 0.350. The Balaban J connectivity index is 1.38. The van der Waals surface area contributed by atoms with Crippen LogP contribution < -0.4 is 9.47 Å². The van der Waals surface area contributed by atoms with Crippen LogP contribution in [0.1, 0.15) is 18.4 Å². The minimum Gasteiger partial charge on any atom is -0.484 e. The van der Waals surface area contributed by atoms with Crippen molar-refractivity contribution < 1.29 is 9.47 Å². The summed E-state index contributed by atoms with van der Waals surface area (Å²) < 4.78 is 11.7. The minimum atomic E-state index is -0.0406. The molecule has 0 fully saturated rings. The van der Waals surface area contributed by atoms with Gasteiger partial charge in [0.25, 0.3) is 12.6 Å². The highest BCUT2D eigenvalue weighted by Gasteiger charge is 2.23. The zero-order valence-corrected chi connectivity index (χ0v) is 14.0. The van der Waals surface area contributed by atoms with E-state index in [4.69, 9.17) is 9.47 Å². The zero-order valence-electron chi connectivity index (χ0n) is 14.0. The molecule has 4 nitrogen and oxygen atoms in total. The normalized spacial score (nSPS) is 15.7. The standard InChI is InChI=1S/C20H23N2O2/c1-22(20-16-23-18-11-5-6-12-19(18)24-20)14-8-7-13-21-15-17-9-3-2-4-10-17/h2-6,9-12,20H,7-8,14-16H2,1H3/q+1. The van der Waals surface area contributed by atoms with Crippen molar-refractivity contribution in [1.29, 1.82) is 0 Å². The topological polar surface area (TPSA) is 26.1 Å². The first-order chi connectivity index (χ1) is 11.8. The molecule has 1 atom stereocenters. The average Bonchev–Trinajstić information content (AvgIpc) is 2.65. The molecular weight excluding hydrogens is 300 g/mol. The summed E-state index contributed by atoms with van der Waals surface area (Å²) in [7, 11) is 2.06. The van der Waals surface area contributed by atoms with Crippen molar-refractivity contribution >= 4 is 0 Å². The van der Waals surface area contributed by atoms with Crippen LogP contribution in [-0.2, 0) is 6.54 Å². The van der Waals surface area contributed by atoms with Crippen LogP contribution in [0.5, 0.6) is 11.5 Å². The molecule has 0 saturated heterocycles. The molecule has 0 N–H and O–H groups in total. The van der Waals surface area contributed by atoms with Crippen LogP contribution in [0.4, 0.5) is 0 Å². The van der Waals surface area contributed by atoms with E-state index in [1.54, 1.807) is 0 Å². The molecule has 3 rings (SSSR count). The Morgan fingerprint density at radius 2 is 1.83 bits per heavy atom. The maximum Gasteiger partial charge on any atom is 0.288 e. The lowest BCUT2D eigenvalue weighted by Gasteiger charge is -2.32. The van der Waals surface area contributed by atoms with Crippen LogP contribution in [0.25, 0.3) is 4.85 Å². The van der Waals surface area contributed by atoms with Gasteiger partial charge in [0.15, 0.2) is 17.7 Å². The number of hydrogen-bond acceptors (Lipinski definition) is 3. The van der Waals surface area contributed by atoms with Gasteiger partial charge in [-0.15, -0.1) is 0 Å². The number of para-hydroxylation sites is 2. The molecule has 2 aromatic rings. The molecule has 1 aliphatic rings. The van der Waals surface area contributed by atoms with Crippen LogP contribution in [0, 0.1) is 6.07 Å². The zero-order chi connectivity index (χ0) is 16.6. The van der Waals surface area contributed by atoms with Crippen molar-refractivity contribution in [3.63, 3.8) is 0 Å². The van der Waals surface area contributed by atoms with Gasteiger partial charge in [0.05, 0.1) is 6.42 Å². The van der Waals surface area contributed by atoms with E-state index in [0.29, 0.717) is 13.2 Å². The Bertz CT molecular complexity index is 706. The maximum atomic E-state index is 5.99. The fourth-order valence-electron chi connectivity index (χ4n) is 2.59. The molecular formula is C20H23N2O2+. The van der Waals surface area contributed by atoms with Gasteiger partial charge in [-0.3, -0.25) is 4.90 Å². The molecule has 1 aliphatic heterocycles. The molecule has 0 bridgehead atoms. The lowest BCUT2D eigenvalue weighted by molar-refractivity contribution is -0.0154. The Morgan fingerprint density at radius 3 is 2.67 bits per heavy atom. The van der Waals surface area contributed by atoms with E-state index in [9.17, 15) is 0 Å². The van der Waals surface area contributed by atoms with E-state index in [-0.39, 0.29) is 6.23 Å². The number of likely N-dealkylation sites (N-methyl/N-ethyl adjacent to an activating group) is 1. The predicted octanol–water partition coefficient (Wildman–Crippen LogP) is 4.03. The molecule has 0 aliphatic carbocycles. The lowest BCUT2D eigenvalue weighted by atomic mass is 10.2. The number of benzene rings is 2. The summed E-state index contributed by atoms with van der Waals surface area (Å²) in [4.78, 5) is 6.53. The molecule has 24 heavy (non-hydrogen) atoms. The van der Waals surface area contributed by atoms with Gasteiger partial charge in [-0.05, 0) is 25.6 Å². The second kappa shape index (κ2) is 8.37. The van der Waals surface area contributed by atoms with E-state index < -0.39 is 0 Å². The third-order valence-corrected chi connectivity index (χ3v) is 4.00. The molecule has 1 heterocycles. The summed E-state index contributed by atoms with van der Waals surface area (Å²) in [6.45, 7) is 2.18. The highest BCUT2D eigenvalue weighted by atomic mass is 16.6. The number of hydrogen-bond donors (Lipinski definition) is 0. The largest absolute Gasteiger partial charge is 0.484 e. The molecule has 124 valence electrons. The maximum absolute atomic E-state index is 5.99. The SMILES string of the molecule is CN(CCCC#[N+]Cc1ccccc1)C1COc2ccccc2O1. The summed E-state index contributed by atoms with van der Waals surface area (Å²) >= 11 is 0. The third kappa shape index (κ3) is 4.50. The molecule has 0 radical (unpaired) electrons. The molecule has 1 unspecified atom stereocenters. The predicted molar refractivity (Wildman–Crippen MR) is 95.6 cm³/mol. The first-order valence-corrected chi connectivity index (χ1v) is 8.35. The minimum absolute atomic E-state index is 0.0406. The number of unbranched alkanes of at least 4 members (excludes halogenated alkanes) is 1. The van der Waals surface area contributed by atoms with E-state index >= 15 is 0 Å². The Morgan fingerprint density at radius 1 is 1.08 bits per heavy atom. The smallest absolute Gasteiger partial charge is 0.288 e. The van der Waals surface area contributed by atoms with Gasteiger partial charge in [-0.2, -0.15) is 0 Å².